The van der Waals surface area contributed by atoms with E-state index >= 15 is 0 Å². The number of hydrogen-bond donors (Lipinski definition) is 1. The number of aliphatic hydroxyl groups excluding tert-OH is 1. The van der Waals surface area contributed by atoms with Crippen LogP contribution in [-0.2, 0) is 0 Å². The maximum absolute atomic E-state index is 10.7. The van der Waals surface area contributed by atoms with Crippen LogP contribution < -0.4 is 4.74 Å². The number of likely N-dealkylation sites (tertiary alicyclic amines) is 1. The molecular formula is C18H29NO2. The third kappa shape index (κ3) is 4.21. The highest BCUT2D eigenvalue weighted by Crippen LogP contribution is 2.29. The fourth-order valence-corrected chi connectivity index (χ4v) is 3.30. The van der Waals surface area contributed by atoms with Crippen molar-refractivity contribution in [1.82, 2.24) is 4.90 Å². The lowest BCUT2D eigenvalue weighted by atomic mass is 9.98. The van der Waals surface area contributed by atoms with Gasteiger partial charge in [-0.25, -0.2) is 0 Å². The van der Waals surface area contributed by atoms with E-state index in [0.717, 1.165) is 23.4 Å². The molecule has 1 aromatic rings. The average Bonchev–Trinajstić information content (AvgIpc) is 2.49. The molecule has 1 aliphatic heterocycles. The molecule has 21 heavy (non-hydrogen) atoms. The second kappa shape index (κ2) is 7.81. The predicted molar refractivity (Wildman–Crippen MR) is 86.8 cm³/mol. The van der Waals surface area contributed by atoms with Crippen molar-refractivity contribution in [1.29, 1.82) is 0 Å². The minimum atomic E-state index is -0.474. The third-order valence-corrected chi connectivity index (χ3v) is 4.45. The van der Waals surface area contributed by atoms with Gasteiger partial charge in [-0.2, -0.15) is 0 Å². The number of β-amino-alcohol motifs (C(OH)–C–C–N with tert-alkyl or cyclic N) is 1. The Balaban J connectivity index is 2.11. The Morgan fingerprint density at radius 2 is 2.14 bits per heavy atom. The van der Waals surface area contributed by atoms with Gasteiger partial charge in [-0.1, -0.05) is 25.0 Å². The Morgan fingerprint density at radius 1 is 1.33 bits per heavy atom. The highest BCUT2D eigenvalue weighted by Gasteiger charge is 2.24. The lowest BCUT2D eigenvalue weighted by Gasteiger charge is -2.36. The van der Waals surface area contributed by atoms with E-state index in [0.29, 0.717) is 19.2 Å². The van der Waals surface area contributed by atoms with Gasteiger partial charge in [0.2, 0.25) is 0 Å². The largest absolute Gasteiger partial charge is 0.493 e. The molecule has 0 bridgehead atoms. The lowest BCUT2D eigenvalue weighted by molar-refractivity contribution is 0.0640. The number of hydrogen-bond acceptors (Lipinski definition) is 3. The monoisotopic (exact) mass is 291 g/mol. The minimum absolute atomic E-state index is 0.474. The Hall–Kier alpha value is -1.06. The Morgan fingerprint density at radius 3 is 2.86 bits per heavy atom. The van der Waals surface area contributed by atoms with Crippen LogP contribution in [0.4, 0.5) is 0 Å². The van der Waals surface area contributed by atoms with E-state index in [1.54, 1.807) is 0 Å². The topological polar surface area (TPSA) is 32.7 Å². The molecule has 0 saturated carbocycles. The summed E-state index contributed by atoms with van der Waals surface area (Å²) in [7, 11) is 0. The molecule has 3 nitrogen and oxygen atoms in total. The third-order valence-electron chi connectivity index (χ3n) is 4.45. The van der Waals surface area contributed by atoms with Crippen LogP contribution in [-0.4, -0.2) is 35.7 Å². The average molecular weight is 291 g/mol. The van der Waals surface area contributed by atoms with E-state index < -0.39 is 6.10 Å². The molecule has 2 atom stereocenters. The van der Waals surface area contributed by atoms with Crippen LogP contribution in [0.1, 0.15) is 56.8 Å². The zero-order valence-corrected chi connectivity index (χ0v) is 13.6. The molecule has 1 heterocycles. The Labute approximate surface area is 128 Å². The van der Waals surface area contributed by atoms with Gasteiger partial charge in [0, 0.05) is 18.2 Å². The number of aryl methyl sites for hydroxylation is 1. The first-order chi connectivity index (χ1) is 10.2. The first-order valence-corrected chi connectivity index (χ1v) is 8.31. The van der Waals surface area contributed by atoms with Crippen molar-refractivity contribution >= 4 is 0 Å². The summed E-state index contributed by atoms with van der Waals surface area (Å²) in [4.78, 5) is 2.45. The van der Waals surface area contributed by atoms with Gasteiger partial charge in [-0.15, -0.1) is 0 Å². The molecule has 1 aliphatic rings. The SMILES string of the molecule is CCOc1ccc(C)cc1C(O)CN1CCCCC1CC. The summed E-state index contributed by atoms with van der Waals surface area (Å²) < 4.78 is 5.68. The lowest BCUT2D eigenvalue weighted by Crippen LogP contribution is -2.41. The van der Waals surface area contributed by atoms with Gasteiger partial charge in [0.1, 0.15) is 5.75 Å². The fourth-order valence-electron chi connectivity index (χ4n) is 3.30. The van der Waals surface area contributed by atoms with E-state index in [2.05, 4.69) is 24.8 Å². The molecule has 1 aromatic carbocycles. The van der Waals surface area contributed by atoms with Crippen molar-refractivity contribution in [3.8, 4) is 5.75 Å². The smallest absolute Gasteiger partial charge is 0.125 e. The van der Waals surface area contributed by atoms with Crippen molar-refractivity contribution in [2.24, 2.45) is 0 Å². The molecule has 0 spiro atoms. The number of benzene rings is 1. The van der Waals surface area contributed by atoms with Crippen LogP contribution >= 0.6 is 0 Å². The van der Waals surface area contributed by atoms with Crippen molar-refractivity contribution < 1.29 is 9.84 Å². The molecule has 1 saturated heterocycles. The summed E-state index contributed by atoms with van der Waals surface area (Å²) in [6.45, 7) is 8.72. The quantitative estimate of drug-likeness (QED) is 0.867. The van der Waals surface area contributed by atoms with Gasteiger partial charge < -0.3 is 9.84 Å². The van der Waals surface area contributed by atoms with Crippen molar-refractivity contribution in [3.63, 3.8) is 0 Å². The number of nitrogens with zero attached hydrogens (tertiary/aromatic N) is 1. The molecule has 3 heteroatoms. The second-order valence-electron chi connectivity index (χ2n) is 6.04. The van der Waals surface area contributed by atoms with Gasteiger partial charge in [0.25, 0.3) is 0 Å². The zero-order valence-electron chi connectivity index (χ0n) is 13.6. The van der Waals surface area contributed by atoms with Gasteiger partial charge in [0.05, 0.1) is 12.7 Å². The van der Waals surface area contributed by atoms with Crippen molar-refractivity contribution in [2.45, 2.75) is 58.6 Å². The second-order valence-corrected chi connectivity index (χ2v) is 6.04. The molecule has 0 aromatic heterocycles. The Bertz CT molecular complexity index is 447. The minimum Gasteiger partial charge on any atom is -0.493 e. The molecule has 0 aliphatic carbocycles. The van der Waals surface area contributed by atoms with Crippen molar-refractivity contribution in [3.05, 3.63) is 29.3 Å². The summed E-state index contributed by atoms with van der Waals surface area (Å²) in [6, 6.07) is 6.69. The molecule has 2 rings (SSSR count). The molecule has 2 unspecified atom stereocenters. The Kier molecular flexibility index (Phi) is 6.07. The van der Waals surface area contributed by atoms with E-state index in [4.69, 9.17) is 4.74 Å². The normalized spacial score (nSPS) is 21.2. The highest BCUT2D eigenvalue weighted by molar-refractivity contribution is 5.38. The van der Waals surface area contributed by atoms with Crippen LogP contribution in [0, 0.1) is 6.92 Å². The zero-order chi connectivity index (χ0) is 15.2. The first kappa shape index (κ1) is 16.3. The molecular weight excluding hydrogens is 262 g/mol. The van der Waals surface area contributed by atoms with Crippen molar-refractivity contribution in [2.75, 3.05) is 19.7 Å². The maximum Gasteiger partial charge on any atom is 0.125 e. The van der Waals surface area contributed by atoms with Crippen LogP contribution in [0.2, 0.25) is 0 Å². The summed E-state index contributed by atoms with van der Waals surface area (Å²) in [6.07, 6.45) is 4.52. The predicted octanol–water partition coefficient (Wildman–Crippen LogP) is 3.69. The van der Waals surface area contributed by atoms with Crippen LogP contribution in [0.15, 0.2) is 18.2 Å². The summed E-state index contributed by atoms with van der Waals surface area (Å²) in [5.74, 6) is 0.820. The van der Waals surface area contributed by atoms with Crippen LogP contribution in [0.3, 0.4) is 0 Å². The fraction of sp³-hybridized carbons (Fsp3) is 0.667. The van der Waals surface area contributed by atoms with E-state index in [1.165, 1.54) is 25.7 Å². The molecule has 118 valence electrons. The standard InChI is InChI=1S/C18H29NO2/c1-4-15-8-6-7-11-19(15)13-17(20)16-12-14(3)9-10-18(16)21-5-2/h9-10,12,15,17,20H,4-8,11,13H2,1-3H3. The van der Waals surface area contributed by atoms with Gasteiger partial charge >= 0.3 is 0 Å². The van der Waals surface area contributed by atoms with E-state index in [1.807, 2.05) is 19.1 Å². The highest BCUT2D eigenvalue weighted by atomic mass is 16.5. The van der Waals surface area contributed by atoms with Crippen LogP contribution in [0.5, 0.6) is 5.75 Å². The van der Waals surface area contributed by atoms with Crippen LogP contribution in [0.25, 0.3) is 0 Å². The summed E-state index contributed by atoms with van der Waals surface area (Å²) >= 11 is 0. The van der Waals surface area contributed by atoms with E-state index in [-0.39, 0.29) is 0 Å². The van der Waals surface area contributed by atoms with Gasteiger partial charge in [-0.3, -0.25) is 4.90 Å². The number of rotatable bonds is 6. The molecule has 1 N–H and O–H groups in total. The number of ether oxygens (including phenoxy) is 1. The summed E-state index contributed by atoms with van der Waals surface area (Å²) in [5.41, 5.74) is 2.09. The first-order valence-electron chi connectivity index (χ1n) is 8.31. The summed E-state index contributed by atoms with van der Waals surface area (Å²) in [5, 5.41) is 10.7. The molecule has 0 radical (unpaired) electrons. The molecule has 0 amide bonds. The van der Waals surface area contributed by atoms with Gasteiger partial charge in [0.15, 0.2) is 0 Å². The maximum atomic E-state index is 10.7. The van der Waals surface area contributed by atoms with E-state index in [9.17, 15) is 5.11 Å². The number of piperidine rings is 1. The molecule has 1 fully saturated rings. The van der Waals surface area contributed by atoms with Gasteiger partial charge in [-0.05, 0) is 51.8 Å². The number of aliphatic hydroxyl groups is 1.